The van der Waals surface area contributed by atoms with Crippen LogP contribution in [-0.4, -0.2) is 37.6 Å². The van der Waals surface area contributed by atoms with Gasteiger partial charge in [0.2, 0.25) is 15.0 Å². The van der Waals surface area contributed by atoms with Gasteiger partial charge in [-0.15, -0.1) is 0 Å². The standard InChI is InChI=1S/C13H22ClNO3S/c1-10(12-5-3-2-4-6-12)15-8-11(7-13(15)16)9-19(14,17)18/h10-12H,2-9H2,1H3. The monoisotopic (exact) mass is 307 g/mol. The number of hydrogen-bond acceptors (Lipinski definition) is 3. The van der Waals surface area contributed by atoms with Crippen molar-refractivity contribution in [2.45, 2.75) is 51.5 Å². The lowest BCUT2D eigenvalue weighted by molar-refractivity contribution is -0.130. The molecule has 110 valence electrons. The smallest absolute Gasteiger partial charge is 0.232 e. The molecule has 19 heavy (non-hydrogen) atoms. The van der Waals surface area contributed by atoms with E-state index in [1.165, 1.54) is 32.1 Å². The van der Waals surface area contributed by atoms with E-state index >= 15 is 0 Å². The zero-order valence-corrected chi connectivity index (χ0v) is 12.9. The normalized spacial score (nSPS) is 27.8. The Morgan fingerprint density at radius 1 is 1.32 bits per heavy atom. The quantitative estimate of drug-likeness (QED) is 0.749. The highest BCUT2D eigenvalue weighted by molar-refractivity contribution is 8.13. The van der Waals surface area contributed by atoms with Gasteiger partial charge in [0.05, 0.1) is 5.75 Å². The van der Waals surface area contributed by atoms with Crippen molar-refractivity contribution in [2.75, 3.05) is 12.3 Å². The molecule has 0 spiro atoms. The van der Waals surface area contributed by atoms with E-state index in [-0.39, 0.29) is 23.6 Å². The van der Waals surface area contributed by atoms with Crippen molar-refractivity contribution in [3.8, 4) is 0 Å². The summed E-state index contributed by atoms with van der Waals surface area (Å²) >= 11 is 0. The number of rotatable bonds is 4. The Kier molecular flexibility index (Phi) is 4.77. The number of halogens is 1. The lowest BCUT2D eigenvalue weighted by atomic mass is 9.84. The summed E-state index contributed by atoms with van der Waals surface area (Å²) in [7, 11) is 1.77. The molecule has 0 radical (unpaired) electrons. The number of likely N-dealkylation sites (tertiary alicyclic amines) is 1. The third-order valence-electron chi connectivity index (χ3n) is 4.50. The molecule has 1 aliphatic carbocycles. The van der Waals surface area contributed by atoms with Gasteiger partial charge in [0.25, 0.3) is 0 Å². The van der Waals surface area contributed by atoms with E-state index in [2.05, 4.69) is 6.92 Å². The van der Waals surface area contributed by atoms with E-state index in [1.807, 2.05) is 4.90 Å². The molecule has 1 saturated carbocycles. The van der Waals surface area contributed by atoms with E-state index in [0.717, 1.165) is 0 Å². The van der Waals surface area contributed by atoms with Gasteiger partial charge in [0.15, 0.2) is 0 Å². The molecule has 0 aromatic heterocycles. The molecule has 2 atom stereocenters. The lowest BCUT2D eigenvalue weighted by Crippen LogP contribution is -2.40. The summed E-state index contributed by atoms with van der Waals surface area (Å²) in [5, 5.41) is 0. The van der Waals surface area contributed by atoms with Gasteiger partial charge in [-0.25, -0.2) is 8.42 Å². The maximum Gasteiger partial charge on any atom is 0.232 e. The van der Waals surface area contributed by atoms with Crippen LogP contribution < -0.4 is 0 Å². The van der Waals surface area contributed by atoms with Crippen molar-refractivity contribution in [1.29, 1.82) is 0 Å². The maximum atomic E-state index is 12.0. The second-order valence-electron chi connectivity index (χ2n) is 5.96. The minimum Gasteiger partial charge on any atom is -0.339 e. The number of nitrogens with zero attached hydrogens (tertiary/aromatic N) is 1. The zero-order valence-electron chi connectivity index (χ0n) is 11.3. The van der Waals surface area contributed by atoms with E-state index in [9.17, 15) is 13.2 Å². The Morgan fingerprint density at radius 2 is 1.95 bits per heavy atom. The highest BCUT2D eigenvalue weighted by atomic mass is 35.7. The molecule has 0 aromatic rings. The third-order valence-corrected chi connectivity index (χ3v) is 5.74. The topological polar surface area (TPSA) is 54.5 Å². The molecule has 4 nitrogen and oxygen atoms in total. The van der Waals surface area contributed by atoms with Crippen LogP contribution in [0.4, 0.5) is 0 Å². The Bertz CT molecular complexity index is 431. The number of carbonyl (C=O) groups excluding carboxylic acids is 1. The van der Waals surface area contributed by atoms with Crippen molar-refractivity contribution in [3.63, 3.8) is 0 Å². The second kappa shape index (κ2) is 6.00. The van der Waals surface area contributed by atoms with E-state index in [0.29, 0.717) is 18.9 Å². The molecule has 6 heteroatoms. The van der Waals surface area contributed by atoms with Crippen molar-refractivity contribution in [1.82, 2.24) is 4.90 Å². The van der Waals surface area contributed by atoms with Gasteiger partial charge in [-0.2, -0.15) is 0 Å². The molecule has 0 bridgehead atoms. The Hall–Kier alpha value is -0.290. The van der Waals surface area contributed by atoms with Gasteiger partial charge in [-0.05, 0) is 25.7 Å². The molecule has 2 fully saturated rings. The van der Waals surface area contributed by atoms with Crippen LogP contribution in [0.2, 0.25) is 0 Å². The van der Waals surface area contributed by atoms with Crippen molar-refractivity contribution in [2.24, 2.45) is 11.8 Å². The fourth-order valence-corrected chi connectivity index (χ4v) is 4.79. The maximum absolute atomic E-state index is 12.0. The first-order valence-corrected chi connectivity index (χ1v) is 9.56. The van der Waals surface area contributed by atoms with Crippen LogP contribution in [0, 0.1) is 11.8 Å². The first kappa shape index (κ1) is 15.1. The van der Waals surface area contributed by atoms with Crippen molar-refractivity contribution in [3.05, 3.63) is 0 Å². The van der Waals surface area contributed by atoms with E-state index in [1.54, 1.807) is 0 Å². The molecule has 2 aliphatic rings. The van der Waals surface area contributed by atoms with Crippen LogP contribution in [0.5, 0.6) is 0 Å². The second-order valence-corrected chi connectivity index (χ2v) is 8.78. The molecule has 0 aromatic carbocycles. The summed E-state index contributed by atoms with van der Waals surface area (Å²) in [5.74, 6) is 0.433. The summed E-state index contributed by atoms with van der Waals surface area (Å²) in [6.07, 6.45) is 6.48. The highest BCUT2D eigenvalue weighted by Crippen LogP contribution is 2.32. The molecule has 2 rings (SSSR count). The highest BCUT2D eigenvalue weighted by Gasteiger charge is 2.37. The lowest BCUT2D eigenvalue weighted by Gasteiger charge is -2.34. The van der Waals surface area contributed by atoms with Gasteiger partial charge in [-0.3, -0.25) is 4.79 Å². The van der Waals surface area contributed by atoms with Crippen LogP contribution in [0.25, 0.3) is 0 Å². The molecular formula is C13H22ClNO3S. The van der Waals surface area contributed by atoms with Crippen LogP contribution in [-0.2, 0) is 13.8 Å². The summed E-state index contributed by atoms with van der Waals surface area (Å²) < 4.78 is 22.2. The van der Waals surface area contributed by atoms with Gasteiger partial charge in [0.1, 0.15) is 0 Å². The minimum atomic E-state index is -3.51. The Labute approximate surface area is 119 Å². The van der Waals surface area contributed by atoms with Crippen molar-refractivity contribution >= 4 is 25.6 Å². The number of amides is 1. The molecule has 1 amide bonds. The van der Waals surface area contributed by atoms with Crippen LogP contribution in [0.1, 0.15) is 45.4 Å². The molecule has 1 saturated heterocycles. The summed E-state index contributed by atoms with van der Waals surface area (Å²) in [6.45, 7) is 2.65. The first-order chi connectivity index (χ1) is 8.87. The molecule has 0 N–H and O–H groups in total. The number of carbonyl (C=O) groups is 1. The fourth-order valence-electron chi connectivity index (χ4n) is 3.47. The molecule has 1 heterocycles. The fraction of sp³-hybridized carbons (Fsp3) is 0.923. The number of hydrogen-bond donors (Lipinski definition) is 0. The third kappa shape index (κ3) is 4.09. The first-order valence-electron chi connectivity index (χ1n) is 7.08. The summed E-state index contributed by atoms with van der Waals surface area (Å²) in [5.41, 5.74) is 0. The predicted octanol–water partition coefficient (Wildman–Crippen LogP) is 2.37. The Balaban J connectivity index is 1.95. The predicted molar refractivity (Wildman–Crippen MR) is 75.5 cm³/mol. The van der Waals surface area contributed by atoms with Crippen molar-refractivity contribution < 1.29 is 13.2 Å². The molecular weight excluding hydrogens is 286 g/mol. The molecule has 1 aliphatic heterocycles. The zero-order chi connectivity index (χ0) is 14.0. The summed E-state index contributed by atoms with van der Waals surface area (Å²) in [4.78, 5) is 13.9. The van der Waals surface area contributed by atoms with Gasteiger partial charge in [-0.1, -0.05) is 19.3 Å². The molecule has 2 unspecified atom stereocenters. The van der Waals surface area contributed by atoms with E-state index in [4.69, 9.17) is 10.7 Å². The van der Waals surface area contributed by atoms with Crippen LogP contribution in [0.15, 0.2) is 0 Å². The van der Waals surface area contributed by atoms with Gasteiger partial charge >= 0.3 is 0 Å². The van der Waals surface area contributed by atoms with E-state index < -0.39 is 9.05 Å². The average molecular weight is 308 g/mol. The largest absolute Gasteiger partial charge is 0.339 e. The minimum absolute atomic E-state index is 0.0865. The van der Waals surface area contributed by atoms with Crippen LogP contribution in [0.3, 0.4) is 0 Å². The van der Waals surface area contributed by atoms with Gasteiger partial charge < -0.3 is 4.90 Å². The summed E-state index contributed by atoms with van der Waals surface area (Å²) in [6, 6.07) is 0.232. The Morgan fingerprint density at radius 3 is 2.53 bits per heavy atom. The average Bonchev–Trinajstić information content (AvgIpc) is 2.68. The van der Waals surface area contributed by atoms with Crippen LogP contribution >= 0.6 is 10.7 Å². The SMILES string of the molecule is CC(C1CCCCC1)N1CC(CS(=O)(=O)Cl)CC1=O. The van der Waals surface area contributed by atoms with Gasteiger partial charge in [0, 0.05) is 35.6 Å².